The number of piperidine rings is 1. The average Bonchev–Trinajstić information content (AvgIpc) is 2.22. The van der Waals surface area contributed by atoms with Gasteiger partial charge in [0.25, 0.3) is 0 Å². The predicted octanol–water partition coefficient (Wildman–Crippen LogP) is 3.25. The van der Waals surface area contributed by atoms with Crippen LogP contribution < -0.4 is 4.90 Å². The second-order valence-electron chi connectivity index (χ2n) is 5.65. The van der Waals surface area contributed by atoms with Crippen LogP contribution in [0.2, 0.25) is 0 Å². The fourth-order valence-corrected chi connectivity index (χ4v) is 2.68. The Balaban J connectivity index is 2.39. The first-order valence-electron chi connectivity index (χ1n) is 6.27. The molecule has 92 valence electrons. The van der Waals surface area contributed by atoms with E-state index in [1.165, 1.54) is 16.8 Å². The van der Waals surface area contributed by atoms with Crippen molar-refractivity contribution in [1.82, 2.24) is 0 Å². The van der Waals surface area contributed by atoms with Crippen LogP contribution in [-0.4, -0.2) is 17.9 Å². The highest BCUT2D eigenvalue weighted by Gasteiger charge is 2.34. The summed E-state index contributed by atoms with van der Waals surface area (Å²) in [7, 11) is 0. The van der Waals surface area contributed by atoms with Crippen molar-refractivity contribution in [3.63, 3.8) is 0 Å². The van der Waals surface area contributed by atoms with Gasteiger partial charge in [-0.3, -0.25) is 4.79 Å². The summed E-state index contributed by atoms with van der Waals surface area (Å²) < 4.78 is 0. The quantitative estimate of drug-likeness (QED) is 0.739. The monoisotopic (exact) mass is 231 g/mol. The molecule has 2 nitrogen and oxygen atoms in total. The van der Waals surface area contributed by atoms with Gasteiger partial charge in [0.1, 0.15) is 5.78 Å². The summed E-state index contributed by atoms with van der Waals surface area (Å²) >= 11 is 0. The maximum atomic E-state index is 11.6. The molecular weight excluding hydrogens is 210 g/mol. The lowest BCUT2D eigenvalue weighted by Crippen LogP contribution is -2.50. The summed E-state index contributed by atoms with van der Waals surface area (Å²) in [6.45, 7) is 9.46. The van der Waals surface area contributed by atoms with E-state index in [1.54, 1.807) is 0 Å². The van der Waals surface area contributed by atoms with Crippen LogP contribution in [0.3, 0.4) is 0 Å². The Morgan fingerprint density at radius 3 is 2.59 bits per heavy atom. The maximum Gasteiger partial charge on any atom is 0.136 e. The van der Waals surface area contributed by atoms with Crippen molar-refractivity contribution in [2.45, 2.75) is 46.1 Å². The molecule has 0 unspecified atom stereocenters. The highest BCUT2D eigenvalue weighted by Crippen LogP contribution is 2.33. The maximum absolute atomic E-state index is 11.6. The highest BCUT2D eigenvalue weighted by molar-refractivity contribution is 5.83. The fraction of sp³-hybridized carbons (Fsp3) is 0.533. The standard InChI is InChI=1S/C15H21NO/c1-11-6-5-7-14(12(11)2)16-9-8-13(17)10-15(16,3)4/h5-7H,8-10H2,1-4H3. The molecule has 0 aromatic heterocycles. The summed E-state index contributed by atoms with van der Waals surface area (Å²) in [5.74, 6) is 0.386. The van der Waals surface area contributed by atoms with Crippen molar-refractivity contribution >= 4 is 11.5 Å². The molecule has 0 bridgehead atoms. The second-order valence-corrected chi connectivity index (χ2v) is 5.65. The summed E-state index contributed by atoms with van der Waals surface area (Å²) in [4.78, 5) is 14.0. The molecule has 0 saturated carbocycles. The molecule has 0 spiro atoms. The van der Waals surface area contributed by atoms with Crippen molar-refractivity contribution in [1.29, 1.82) is 0 Å². The number of Topliss-reactive ketones (excluding diaryl/α,β-unsaturated/α-hetero) is 1. The van der Waals surface area contributed by atoms with Crippen LogP contribution in [0, 0.1) is 13.8 Å². The Kier molecular flexibility index (Phi) is 2.98. The lowest BCUT2D eigenvalue weighted by atomic mass is 9.88. The van der Waals surface area contributed by atoms with Gasteiger partial charge in [0.15, 0.2) is 0 Å². The number of hydrogen-bond acceptors (Lipinski definition) is 2. The largest absolute Gasteiger partial charge is 0.365 e. The van der Waals surface area contributed by atoms with E-state index in [9.17, 15) is 4.79 Å². The zero-order valence-corrected chi connectivity index (χ0v) is 11.2. The van der Waals surface area contributed by atoms with Gasteiger partial charge in [-0.1, -0.05) is 12.1 Å². The van der Waals surface area contributed by atoms with E-state index in [-0.39, 0.29) is 5.54 Å². The number of rotatable bonds is 1. The van der Waals surface area contributed by atoms with Gasteiger partial charge in [-0.2, -0.15) is 0 Å². The van der Waals surface area contributed by atoms with Crippen molar-refractivity contribution in [3.8, 4) is 0 Å². The second kappa shape index (κ2) is 4.17. The SMILES string of the molecule is Cc1cccc(N2CCC(=O)CC2(C)C)c1C. The summed E-state index contributed by atoms with van der Waals surface area (Å²) in [5, 5.41) is 0. The number of aryl methyl sites for hydroxylation is 1. The number of hydrogen-bond donors (Lipinski definition) is 0. The molecule has 2 heteroatoms. The van der Waals surface area contributed by atoms with Gasteiger partial charge in [-0.15, -0.1) is 0 Å². The number of nitrogens with zero attached hydrogens (tertiary/aromatic N) is 1. The predicted molar refractivity (Wildman–Crippen MR) is 71.6 cm³/mol. The van der Waals surface area contributed by atoms with Crippen LogP contribution >= 0.6 is 0 Å². The van der Waals surface area contributed by atoms with Crippen molar-refractivity contribution in [2.24, 2.45) is 0 Å². The normalized spacial score (nSPS) is 19.5. The molecular formula is C15H21NO. The molecule has 0 aliphatic carbocycles. The Bertz CT molecular complexity index is 448. The topological polar surface area (TPSA) is 20.3 Å². The van der Waals surface area contributed by atoms with E-state index in [0.717, 1.165) is 6.54 Å². The molecule has 1 aromatic carbocycles. The van der Waals surface area contributed by atoms with E-state index in [1.807, 2.05) is 0 Å². The molecule has 1 aliphatic heterocycles. The first kappa shape index (κ1) is 12.2. The van der Waals surface area contributed by atoms with Crippen LogP contribution in [0.5, 0.6) is 0 Å². The third-order valence-corrected chi connectivity index (χ3v) is 3.84. The number of anilines is 1. The number of carbonyl (C=O) groups excluding carboxylic acids is 1. The average molecular weight is 231 g/mol. The van der Waals surface area contributed by atoms with Crippen LogP contribution in [0.4, 0.5) is 5.69 Å². The summed E-state index contributed by atoms with van der Waals surface area (Å²) in [5.41, 5.74) is 3.86. The smallest absolute Gasteiger partial charge is 0.136 e. The Morgan fingerprint density at radius 1 is 1.24 bits per heavy atom. The zero-order valence-electron chi connectivity index (χ0n) is 11.2. The molecule has 1 aliphatic rings. The minimum Gasteiger partial charge on any atom is -0.365 e. The number of ketones is 1. The van der Waals surface area contributed by atoms with Crippen molar-refractivity contribution in [3.05, 3.63) is 29.3 Å². The fourth-order valence-electron chi connectivity index (χ4n) is 2.68. The third-order valence-electron chi connectivity index (χ3n) is 3.84. The van der Waals surface area contributed by atoms with Gasteiger partial charge < -0.3 is 4.90 Å². The van der Waals surface area contributed by atoms with E-state index < -0.39 is 0 Å². The van der Waals surface area contributed by atoms with Crippen LogP contribution in [-0.2, 0) is 4.79 Å². The molecule has 17 heavy (non-hydrogen) atoms. The molecule has 0 N–H and O–H groups in total. The van der Waals surface area contributed by atoms with Crippen LogP contribution in [0.1, 0.15) is 37.8 Å². The van der Waals surface area contributed by atoms with E-state index in [4.69, 9.17) is 0 Å². The third kappa shape index (κ3) is 2.21. The van der Waals surface area contributed by atoms with Gasteiger partial charge in [0.05, 0.1) is 0 Å². The molecule has 2 rings (SSSR count). The van der Waals surface area contributed by atoms with Gasteiger partial charge in [0.2, 0.25) is 0 Å². The molecule has 0 radical (unpaired) electrons. The number of carbonyl (C=O) groups is 1. The van der Waals surface area contributed by atoms with Gasteiger partial charge >= 0.3 is 0 Å². The Labute approximate surface area is 104 Å². The molecule has 1 fully saturated rings. The van der Waals surface area contributed by atoms with Gasteiger partial charge in [-0.05, 0) is 44.9 Å². The minimum absolute atomic E-state index is 0.0616. The lowest BCUT2D eigenvalue weighted by Gasteiger charge is -2.44. The van der Waals surface area contributed by atoms with Crippen LogP contribution in [0.25, 0.3) is 0 Å². The summed E-state index contributed by atoms with van der Waals surface area (Å²) in [6, 6.07) is 6.41. The van der Waals surface area contributed by atoms with Crippen molar-refractivity contribution < 1.29 is 4.79 Å². The molecule has 1 saturated heterocycles. The van der Waals surface area contributed by atoms with E-state index >= 15 is 0 Å². The first-order valence-corrected chi connectivity index (χ1v) is 6.27. The highest BCUT2D eigenvalue weighted by atomic mass is 16.1. The lowest BCUT2D eigenvalue weighted by molar-refractivity contribution is -0.121. The Hall–Kier alpha value is -1.31. The van der Waals surface area contributed by atoms with Gasteiger partial charge in [-0.25, -0.2) is 0 Å². The summed E-state index contributed by atoms with van der Waals surface area (Å²) in [6.07, 6.45) is 1.33. The number of benzene rings is 1. The molecule has 0 amide bonds. The van der Waals surface area contributed by atoms with Crippen LogP contribution in [0.15, 0.2) is 18.2 Å². The Morgan fingerprint density at radius 2 is 1.94 bits per heavy atom. The molecule has 1 aromatic rings. The minimum atomic E-state index is -0.0616. The molecule has 1 heterocycles. The van der Waals surface area contributed by atoms with E-state index in [0.29, 0.717) is 18.6 Å². The molecule has 0 atom stereocenters. The van der Waals surface area contributed by atoms with E-state index in [2.05, 4.69) is 50.8 Å². The van der Waals surface area contributed by atoms with Crippen molar-refractivity contribution in [2.75, 3.05) is 11.4 Å². The van der Waals surface area contributed by atoms with Gasteiger partial charge in [0, 0.05) is 30.6 Å². The zero-order chi connectivity index (χ0) is 12.6. The first-order chi connectivity index (χ1) is 7.92.